The van der Waals surface area contributed by atoms with Crippen LogP contribution in [0, 0.1) is 0 Å². The van der Waals surface area contributed by atoms with E-state index in [4.69, 9.17) is 0 Å². The molecule has 0 aliphatic carbocycles. The van der Waals surface area contributed by atoms with Gasteiger partial charge in [-0.2, -0.15) is 11.8 Å². The second-order valence-electron chi connectivity index (χ2n) is 8.99. The van der Waals surface area contributed by atoms with Gasteiger partial charge in [0.15, 0.2) is 0 Å². The van der Waals surface area contributed by atoms with Gasteiger partial charge in [0.25, 0.3) is 5.91 Å². The Morgan fingerprint density at radius 1 is 0.943 bits per heavy atom. The summed E-state index contributed by atoms with van der Waals surface area (Å²) in [6.07, 6.45) is 3.21. The lowest BCUT2D eigenvalue weighted by Gasteiger charge is -2.16. The lowest BCUT2D eigenvalue weighted by molar-refractivity contribution is -0.121. The molecule has 2 aliphatic rings. The van der Waals surface area contributed by atoms with Gasteiger partial charge in [-0.15, -0.1) is 0 Å². The Morgan fingerprint density at radius 3 is 2.37 bits per heavy atom. The first-order chi connectivity index (χ1) is 17.1. The summed E-state index contributed by atoms with van der Waals surface area (Å²) in [5, 5.41) is 13.8. The number of para-hydroxylation sites is 2. The minimum Gasteiger partial charge on any atom is -0.354 e. The molecule has 4 N–H and O–H groups in total. The lowest BCUT2D eigenvalue weighted by atomic mass is 10.0. The van der Waals surface area contributed by atoms with Crippen molar-refractivity contribution in [2.75, 3.05) is 18.8 Å². The average Bonchev–Trinajstić information content (AvgIpc) is 3.42. The molecule has 182 valence electrons. The number of hydrogen-bond acceptors (Lipinski definition) is 5. The van der Waals surface area contributed by atoms with Crippen LogP contribution in [0.5, 0.6) is 0 Å². The molecule has 3 heterocycles. The quantitative estimate of drug-likeness (QED) is 0.209. The molecule has 2 aliphatic heterocycles. The first kappa shape index (κ1) is 23.4. The van der Waals surface area contributed by atoms with Gasteiger partial charge < -0.3 is 21.3 Å². The molecule has 3 aromatic rings. The van der Waals surface area contributed by atoms with Crippen molar-refractivity contribution in [2.45, 2.75) is 43.0 Å². The second kappa shape index (κ2) is 10.5. The van der Waals surface area contributed by atoms with Crippen molar-refractivity contribution in [1.29, 1.82) is 0 Å². The van der Waals surface area contributed by atoms with E-state index in [0.717, 1.165) is 46.8 Å². The second-order valence-corrected chi connectivity index (χ2v) is 10.3. The van der Waals surface area contributed by atoms with E-state index in [9.17, 15) is 14.4 Å². The molecule has 2 saturated heterocycles. The number of carbonyl (C=O) groups excluding carboxylic acids is 3. The molecule has 4 amide bonds. The highest BCUT2D eigenvalue weighted by molar-refractivity contribution is 8.00. The molecular weight excluding hydrogens is 462 g/mol. The molecular formula is C26H29N5O3S. The van der Waals surface area contributed by atoms with Gasteiger partial charge >= 0.3 is 6.03 Å². The molecule has 0 spiro atoms. The molecule has 9 heteroatoms. The van der Waals surface area contributed by atoms with Crippen molar-refractivity contribution in [1.82, 2.24) is 26.3 Å². The van der Waals surface area contributed by atoms with E-state index < -0.39 is 0 Å². The number of unbranched alkanes of at least 4 members (excludes halogenated alkanes) is 1. The van der Waals surface area contributed by atoms with Gasteiger partial charge in [-0.05, 0) is 25.0 Å². The molecule has 5 rings (SSSR count). The molecule has 0 bridgehead atoms. The van der Waals surface area contributed by atoms with Crippen molar-refractivity contribution >= 4 is 51.4 Å². The topological polar surface area (TPSA) is 112 Å². The minimum absolute atomic E-state index is 0.00755. The molecule has 0 radical (unpaired) electrons. The van der Waals surface area contributed by atoms with E-state index in [2.05, 4.69) is 26.3 Å². The zero-order valence-corrected chi connectivity index (χ0v) is 20.2. The normalized spacial score (nSPS) is 20.9. The van der Waals surface area contributed by atoms with E-state index in [0.29, 0.717) is 30.3 Å². The Morgan fingerprint density at radius 2 is 1.63 bits per heavy atom. The lowest BCUT2D eigenvalue weighted by Crippen LogP contribution is -2.36. The van der Waals surface area contributed by atoms with Crippen LogP contribution < -0.4 is 21.3 Å². The van der Waals surface area contributed by atoms with Gasteiger partial charge in [-0.3, -0.25) is 9.59 Å². The van der Waals surface area contributed by atoms with E-state index >= 15 is 0 Å². The van der Waals surface area contributed by atoms with Crippen LogP contribution in [0.15, 0.2) is 48.5 Å². The molecule has 1 aromatic heterocycles. The maximum Gasteiger partial charge on any atom is 0.315 e. The number of carbonyl (C=O) groups is 3. The average molecular weight is 492 g/mol. The number of urea groups is 1. The summed E-state index contributed by atoms with van der Waals surface area (Å²) < 4.78 is 0. The monoisotopic (exact) mass is 491 g/mol. The van der Waals surface area contributed by atoms with Crippen molar-refractivity contribution in [2.24, 2.45) is 0 Å². The molecule has 3 atom stereocenters. The fourth-order valence-electron chi connectivity index (χ4n) is 4.91. The molecule has 2 fully saturated rings. The van der Waals surface area contributed by atoms with Crippen molar-refractivity contribution in [3.05, 3.63) is 54.1 Å². The third-order valence-electron chi connectivity index (χ3n) is 6.63. The molecule has 8 nitrogen and oxygen atoms in total. The zero-order chi connectivity index (χ0) is 24.2. The smallest absolute Gasteiger partial charge is 0.315 e. The maximum absolute atomic E-state index is 13.1. The summed E-state index contributed by atoms with van der Waals surface area (Å²) in [6.45, 7) is 0.732. The van der Waals surface area contributed by atoms with Gasteiger partial charge in [0, 0.05) is 41.3 Å². The molecule has 35 heavy (non-hydrogen) atoms. The van der Waals surface area contributed by atoms with Gasteiger partial charge in [0.05, 0.1) is 28.7 Å². The number of fused-ring (bicyclic) bond motifs is 3. The highest BCUT2D eigenvalue weighted by Crippen LogP contribution is 2.33. The summed E-state index contributed by atoms with van der Waals surface area (Å²) in [6, 6.07) is 15.6. The largest absolute Gasteiger partial charge is 0.354 e. The predicted octanol–water partition coefficient (Wildman–Crippen LogP) is 2.96. The predicted molar refractivity (Wildman–Crippen MR) is 139 cm³/mol. The van der Waals surface area contributed by atoms with Crippen LogP contribution >= 0.6 is 11.8 Å². The maximum atomic E-state index is 13.1. The highest BCUT2D eigenvalue weighted by Gasteiger charge is 2.42. The Kier molecular flexibility index (Phi) is 7.03. The van der Waals surface area contributed by atoms with E-state index in [-0.39, 0.29) is 29.9 Å². The number of pyridine rings is 1. The summed E-state index contributed by atoms with van der Waals surface area (Å²) in [5.41, 5.74) is 2.17. The zero-order valence-electron chi connectivity index (χ0n) is 19.4. The Hall–Kier alpha value is -3.33. The van der Waals surface area contributed by atoms with Gasteiger partial charge in [-0.25, -0.2) is 9.78 Å². The summed E-state index contributed by atoms with van der Waals surface area (Å²) in [7, 11) is 0. The Balaban J connectivity index is 1.06. The third-order valence-corrected chi connectivity index (χ3v) is 8.14. The first-order valence-electron chi connectivity index (χ1n) is 12.1. The van der Waals surface area contributed by atoms with E-state index in [1.807, 2.05) is 60.3 Å². The highest BCUT2D eigenvalue weighted by atomic mass is 32.2. The van der Waals surface area contributed by atoms with E-state index in [1.165, 1.54) is 0 Å². The van der Waals surface area contributed by atoms with Crippen LogP contribution in [-0.2, 0) is 4.79 Å². The van der Waals surface area contributed by atoms with Gasteiger partial charge in [-0.1, -0.05) is 42.8 Å². The fraction of sp³-hybridized carbons (Fsp3) is 0.385. The third kappa shape index (κ3) is 5.19. The molecule has 0 saturated carbocycles. The Labute approximate surface area is 208 Å². The minimum atomic E-state index is -0.171. The SMILES string of the molecule is O=C(CCCCC1SCC2NC(=O)NC21)NCCNC(=O)c1c2ccccc2nc2ccccc12. The van der Waals surface area contributed by atoms with Crippen molar-refractivity contribution in [3.63, 3.8) is 0 Å². The summed E-state index contributed by atoms with van der Waals surface area (Å²) in [4.78, 5) is 41.4. The van der Waals surface area contributed by atoms with Crippen LogP contribution in [-0.4, -0.2) is 59.0 Å². The van der Waals surface area contributed by atoms with Crippen LogP contribution in [0.25, 0.3) is 21.8 Å². The van der Waals surface area contributed by atoms with Crippen LogP contribution in [0.3, 0.4) is 0 Å². The van der Waals surface area contributed by atoms with Gasteiger partial charge in [0.1, 0.15) is 0 Å². The number of benzene rings is 2. The summed E-state index contributed by atoms with van der Waals surface area (Å²) >= 11 is 1.89. The van der Waals surface area contributed by atoms with Crippen LogP contribution in [0.4, 0.5) is 4.79 Å². The number of amides is 4. The van der Waals surface area contributed by atoms with E-state index in [1.54, 1.807) is 0 Å². The summed E-state index contributed by atoms with van der Waals surface area (Å²) in [5.74, 6) is 0.771. The number of aromatic nitrogens is 1. The van der Waals surface area contributed by atoms with Crippen molar-refractivity contribution in [3.8, 4) is 0 Å². The molecule has 2 aromatic carbocycles. The van der Waals surface area contributed by atoms with Crippen LogP contribution in [0.1, 0.15) is 36.0 Å². The standard InChI is InChI=1S/C26H29N5O3S/c32-22(12-6-5-11-21-24-20(15-35-21)30-26(34)31-24)27-13-14-28-25(33)23-16-7-1-3-9-18(16)29-19-10-4-2-8-17(19)23/h1-4,7-10,20-21,24H,5-6,11-15H2,(H,27,32)(H,28,33)(H2,30,31,34). The van der Waals surface area contributed by atoms with Crippen LogP contribution in [0.2, 0.25) is 0 Å². The number of nitrogens with one attached hydrogen (secondary N) is 4. The molecule has 3 unspecified atom stereocenters. The number of hydrogen-bond donors (Lipinski definition) is 4. The number of nitrogens with zero attached hydrogens (tertiary/aromatic N) is 1. The number of rotatable bonds is 9. The Bertz CT molecular complexity index is 1210. The number of thioether (sulfide) groups is 1. The fourth-order valence-corrected chi connectivity index (χ4v) is 6.46. The van der Waals surface area contributed by atoms with Gasteiger partial charge in [0.2, 0.25) is 5.91 Å². The first-order valence-corrected chi connectivity index (χ1v) is 13.2. The van der Waals surface area contributed by atoms with Crippen molar-refractivity contribution < 1.29 is 14.4 Å².